The Morgan fingerprint density at radius 1 is 1.60 bits per heavy atom. The fraction of sp³-hybridized carbons (Fsp3) is 0.800. The maximum Gasteiger partial charge on any atom is 0.216 e. The fourth-order valence-corrected chi connectivity index (χ4v) is 1.08. The minimum absolute atomic E-state index is 0.0522. The van der Waals surface area contributed by atoms with E-state index in [9.17, 15) is 13.2 Å². The number of carbonyl (C=O) groups excluding carboxylic acids is 1. The van der Waals surface area contributed by atoms with Crippen LogP contribution in [0.15, 0.2) is 0 Å². The molecule has 0 aliphatic heterocycles. The van der Waals surface area contributed by atoms with Gasteiger partial charge in [-0.15, -0.1) is 0 Å². The first-order valence-corrected chi connectivity index (χ1v) is 4.83. The summed E-state index contributed by atoms with van der Waals surface area (Å²) < 4.78 is 20.9. The van der Waals surface area contributed by atoms with Crippen molar-refractivity contribution in [3.05, 3.63) is 0 Å². The molecule has 0 saturated carbocycles. The van der Waals surface area contributed by atoms with Crippen molar-refractivity contribution in [2.75, 3.05) is 12.0 Å². The van der Waals surface area contributed by atoms with Gasteiger partial charge >= 0.3 is 0 Å². The van der Waals surface area contributed by atoms with Crippen LogP contribution in [0.2, 0.25) is 0 Å². The molecular weight excluding hydrogens is 154 g/mol. The van der Waals surface area contributed by atoms with Crippen LogP contribution in [0.25, 0.3) is 0 Å². The molecular formula is C5H10NO3S. The van der Waals surface area contributed by atoms with Crippen molar-refractivity contribution in [3.8, 4) is 0 Å². The lowest BCUT2D eigenvalue weighted by Gasteiger charge is -1.99. The molecule has 0 aliphatic rings. The zero-order valence-corrected chi connectivity index (χ0v) is 6.52. The maximum absolute atomic E-state index is 10.5. The van der Waals surface area contributed by atoms with E-state index < -0.39 is 15.9 Å². The Morgan fingerprint density at radius 3 is 2.40 bits per heavy atom. The highest BCUT2D eigenvalue weighted by molar-refractivity contribution is 7.90. The zero-order valence-electron chi connectivity index (χ0n) is 5.70. The summed E-state index contributed by atoms with van der Waals surface area (Å²) in [6, 6.07) is -0.769. The van der Waals surface area contributed by atoms with Gasteiger partial charge in [-0.2, -0.15) is 0 Å². The molecule has 0 bridgehead atoms. The molecule has 59 valence electrons. The lowest BCUT2D eigenvalue weighted by molar-refractivity contribution is 0.538. The predicted molar refractivity (Wildman–Crippen MR) is 38.0 cm³/mol. The Balaban J connectivity index is 3.66. The third-order valence-electron chi connectivity index (χ3n) is 0.951. The Hall–Kier alpha value is -0.420. The van der Waals surface area contributed by atoms with Crippen molar-refractivity contribution in [1.29, 1.82) is 0 Å². The second-order valence-corrected chi connectivity index (χ2v) is 4.40. The van der Waals surface area contributed by atoms with Crippen molar-refractivity contribution < 1.29 is 13.2 Å². The topological polar surface area (TPSA) is 77.2 Å². The van der Waals surface area contributed by atoms with Gasteiger partial charge in [0, 0.05) is 6.26 Å². The van der Waals surface area contributed by atoms with E-state index in [1.807, 2.05) is 0 Å². The molecule has 0 fully saturated rings. The van der Waals surface area contributed by atoms with E-state index >= 15 is 0 Å². The van der Waals surface area contributed by atoms with Crippen molar-refractivity contribution in [2.24, 2.45) is 5.73 Å². The molecule has 0 amide bonds. The summed E-state index contributed by atoms with van der Waals surface area (Å²) in [5, 5.41) is 0. The average molecular weight is 164 g/mol. The Morgan fingerprint density at radius 2 is 2.10 bits per heavy atom. The van der Waals surface area contributed by atoms with Gasteiger partial charge in [0.2, 0.25) is 6.29 Å². The third-order valence-corrected chi connectivity index (χ3v) is 1.93. The van der Waals surface area contributed by atoms with Crippen LogP contribution in [0.3, 0.4) is 0 Å². The number of sulfone groups is 1. The van der Waals surface area contributed by atoms with Gasteiger partial charge in [0.15, 0.2) is 0 Å². The van der Waals surface area contributed by atoms with Gasteiger partial charge in [-0.3, -0.25) is 4.79 Å². The van der Waals surface area contributed by atoms with Crippen molar-refractivity contribution in [2.45, 2.75) is 12.5 Å². The van der Waals surface area contributed by atoms with E-state index in [0.717, 1.165) is 6.26 Å². The monoisotopic (exact) mass is 164 g/mol. The van der Waals surface area contributed by atoms with Crippen LogP contribution in [0.4, 0.5) is 0 Å². The molecule has 0 aromatic rings. The molecule has 4 nitrogen and oxygen atoms in total. The molecule has 0 saturated heterocycles. The molecule has 1 unspecified atom stereocenters. The summed E-state index contributed by atoms with van der Waals surface area (Å²) >= 11 is 0. The highest BCUT2D eigenvalue weighted by Crippen LogP contribution is 1.90. The largest absolute Gasteiger partial charge is 0.321 e. The zero-order chi connectivity index (χ0) is 8.20. The van der Waals surface area contributed by atoms with Crippen molar-refractivity contribution >= 4 is 16.1 Å². The van der Waals surface area contributed by atoms with Crippen LogP contribution in [0.1, 0.15) is 6.42 Å². The van der Waals surface area contributed by atoms with E-state index in [-0.39, 0.29) is 12.2 Å². The van der Waals surface area contributed by atoms with E-state index in [2.05, 4.69) is 0 Å². The summed E-state index contributed by atoms with van der Waals surface area (Å²) in [6.07, 6.45) is 2.76. The second-order valence-electron chi connectivity index (χ2n) is 2.14. The van der Waals surface area contributed by atoms with Crippen LogP contribution in [-0.4, -0.2) is 32.8 Å². The lowest BCUT2D eigenvalue weighted by Crippen LogP contribution is -2.24. The summed E-state index contributed by atoms with van der Waals surface area (Å²) in [5.41, 5.74) is 5.09. The second kappa shape index (κ2) is 3.68. The highest BCUT2D eigenvalue weighted by Gasteiger charge is 2.06. The molecule has 0 aromatic heterocycles. The number of rotatable bonds is 4. The minimum atomic E-state index is -2.99. The van der Waals surface area contributed by atoms with E-state index in [1.165, 1.54) is 6.29 Å². The van der Waals surface area contributed by atoms with Crippen LogP contribution in [-0.2, 0) is 14.6 Å². The van der Waals surface area contributed by atoms with Crippen LogP contribution >= 0.6 is 0 Å². The molecule has 1 atom stereocenters. The van der Waals surface area contributed by atoms with Gasteiger partial charge in [0.1, 0.15) is 9.84 Å². The highest BCUT2D eigenvalue weighted by atomic mass is 32.2. The molecule has 0 rings (SSSR count). The summed E-state index contributed by atoms with van der Waals surface area (Å²) in [6.45, 7) is 0. The Labute approximate surface area is 60.3 Å². The molecule has 10 heavy (non-hydrogen) atoms. The van der Waals surface area contributed by atoms with Gasteiger partial charge in [0.25, 0.3) is 0 Å². The Kier molecular flexibility index (Phi) is 3.52. The summed E-state index contributed by atoms with van der Waals surface area (Å²) in [4.78, 5) is 9.78. The standard InChI is InChI=1S/C5H10NO3S/c1-10(8,9)3-2-5(6)4-7/h5H,2-3,6H2,1H3. The lowest BCUT2D eigenvalue weighted by atomic mass is 10.3. The fourth-order valence-electron chi connectivity index (χ4n) is 0.400. The van der Waals surface area contributed by atoms with Crippen LogP contribution in [0.5, 0.6) is 0 Å². The van der Waals surface area contributed by atoms with E-state index in [4.69, 9.17) is 5.73 Å². The molecule has 0 heterocycles. The molecule has 0 aromatic carbocycles. The first kappa shape index (κ1) is 9.58. The van der Waals surface area contributed by atoms with E-state index in [0.29, 0.717) is 0 Å². The summed E-state index contributed by atoms with van der Waals surface area (Å²) in [7, 11) is -2.99. The summed E-state index contributed by atoms with van der Waals surface area (Å²) in [5.74, 6) is -0.0522. The molecule has 0 aliphatic carbocycles. The third kappa shape index (κ3) is 5.71. The molecule has 5 heteroatoms. The first-order chi connectivity index (χ1) is 4.45. The molecule has 2 N–H and O–H groups in total. The van der Waals surface area contributed by atoms with E-state index in [1.54, 1.807) is 0 Å². The maximum atomic E-state index is 10.5. The number of hydrogen-bond donors (Lipinski definition) is 1. The van der Waals surface area contributed by atoms with Gasteiger partial charge in [-0.1, -0.05) is 0 Å². The number of hydrogen-bond acceptors (Lipinski definition) is 4. The normalized spacial score (nSPS) is 14.6. The molecule has 1 radical (unpaired) electrons. The average Bonchev–Trinajstić information content (AvgIpc) is 1.81. The van der Waals surface area contributed by atoms with Crippen molar-refractivity contribution in [1.82, 2.24) is 0 Å². The van der Waals surface area contributed by atoms with Gasteiger partial charge in [0.05, 0.1) is 11.8 Å². The predicted octanol–water partition coefficient (Wildman–Crippen LogP) is -1.14. The number of nitrogens with two attached hydrogens (primary N) is 1. The van der Waals surface area contributed by atoms with Gasteiger partial charge < -0.3 is 5.73 Å². The SMILES string of the molecule is CS(=O)(=O)CCC(N)[C]=O. The van der Waals surface area contributed by atoms with Crippen LogP contribution in [0, 0.1) is 0 Å². The molecule has 0 spiro atoms. The van der Waals surface area contributed by atoms with Crippen molar-refractivity contribution in [3.63, 3.8) is 0 Å². The van der Waals surface area contributed by atoms with Crippen LogP contribution < -0.4 is 5.73 Å². The Bertz CT molecular complexity index is 197. The smallest absolute Gasteiger partial charge is 0.216 e. The first-order valence-electron chi connectivity index (χ1n) is 2.76. The van der Waals surface area contributed by atoms with Gasteiger partial charge in [-0.05, 0) is 6.42 Å². The minimum Gasteiger partial charge on any atom is -0.321 e. The quantitative estimate of drug-likeness (QED) is 0.569. The van der Waals surface area contributed by atoms with Gasteiger partial charge in [-0.25, -0.2) is 8.42 Å².